The molecule has 0 spiro atoms. The highest BCUT2D eigenvalue weighted by atomic mass is 15.3. The molecule has 0 atom stereocenters. The molecule has 2 aromatic rings. The van der Waals surface area contributed by atoms with Gasteiger partial charge in [-0.2, -0.15) is 10.2 Å². The minimum absolute atomic E-state index is 0.426. The topological polar surface area (TPSA) is 69.6 Å². The van der Waals surface area contributed by atoms with E-state index >= 15 is 0 Å². The highest BCUT2D eigenvalue weighted by molar-refractivity contribution is 5.88. The molecule has 12 heavy (non-hydrogen) atoms. The van der Waals surface area contributed by atoms with Crippen LogP contribution in [0.4, 0.5) is 5.82 Å². The standard InChI is InChI=1S/C7H9N5/c1-4-5-3-9-10-7(8)6(5)12(2)11-4/h3H,1-2H3,(H2,8,10). The Labute approximate surface area is 69.2 Å². The van der Waals surface area contributed by atoms with Gasteiger partial charge in [0.25, 0.3) is 0 Å². The van der Waals surface area contributed by atoms with Crippen LogP contribution in [0.2, 0.25) is 0 Å². The van der Waals surface area contributed by atoms with Crippen molar-refractivity contribution in [1.29, 1.82) is 0 Å². The van der Waals surface area contributed by atoms with E-state index in [0.717, 1.165) is 16.6 Å². The molecule has 0 aromatic carbocycles. The van der Waals surface area contributed by atoms with Gasteiger partial charge in [0, 0.05) is 12.4 Å². The number of aryl methyl sites for hydroxylation is 2. The van der Waals surface area contributed by atoms with E-state index in [2.05, 4.69) is 15.3 Å². The Bertz CT molecular complexity index is 431. The van der Waals surface area contributed by atoms with Gasteiger partial charge in [0.2, 0.25) is 0 Å². The number of hydrogen-bond acceptors (Lipinski definition) is 4. The molecule has 0 aliphatic heterocycles. The fraction of sp³-hybridized carbons (Fsp3) is 0.286. The van der Waals surface area contributed by atoms with E-state index in [1.165, 1.54) is 0 Å². The summed E-state index contributed by atoms with van der Waals surface area (Å²) in [6, 6.07) is 0. The Morgan fingerprint density at radius 1 is 1.50 bits per heavy atom. The van der Waals surface area contributed by atoms with Crippen LogP contribution in [0.25, 0.3) is 10.9 Å². The third-order valence-electron chi connectivity index (χ3n) is 1.86. The fourth-order valence-corrected chi connectivity index (χ4v) is 1.33. The predicted molar refractivity (Wildman–Crippen MR) is 45.5 cm³/mol. The summed E-state index contributed by atoms with van der Waals surface area (Å²) in [5.41, 5.74) is 7.41. The van der Waals surface area contributed by atoms with Gasteiger partial charge in [-0.25, -0.2) is 0 Å². The summed E-state index contributed by atoms with van der Waals surface area (Å²) in [4.78, 5) is 0. The van der Waals surface area contributed by atoms with E-state index in [9.17, 15) is 0 Å². The van der Waals surface area contributed by atoms with Crippen molar-refractivity contribution in [3.05, 3.63) is 11.9 Å². The number of nitrogen functional groups attached to an aromatic ring is 1. The Morgan fingerprint density at radius 3 is 2.92 bits per heavy atom. The van der Waals surface area contributed by atoms with Gasteiger partial charge in [0.1, 0.15) is 5.52 Å². The Hall–Kier alpha value is -1.65. The lowest BCUT2D eigenvalue weighted by atomic mass is 10.3. The maximum absolute atomic E-state index is 5.64. The summed E-state index contributed by atoms with van der Waals surface area (Å²) >= 11 is 0. The lowest BCUT2D eigenvalue weighted by molar-refractivity contribution is 0.782. The van der Waals surface area contributed by atoms with Crippen LogP contribution >= 0.6 is 0 Å². The van der Waals surface area contributed by atoms with Crippen molar-refractivity contribution in [3.8, 4) is 0 Å². The number of hydrogen-bond donors (Lipinski definition) is 1. The second kappa shape index (κ2) is 2.17. The smallest absolute Gasteiger partial charge is 0.172 e. The van der Waals surface area contributed by atoms with E-state index in [1.54, 1.807) is 10.9 Å². The predicted octanol–water partition coefficient (Wildman–Crippen LogP) is 0.254. The van der Waals surface area contributed by atoms with Crippen molar-refractivity contribution >= 4 is 16.7 Å². The number of nitrogens with two attached hydrogens (primary N) is 1. The third kappa shape index (κ3) is 0.761. The lowest BCUT2D eigenvalue weighted by Crippen LogP contribution is -1.98. The molecule has 0 unspecified atom stereocenters. The molecule has 62 valence electrons. The van der Waals surface area contributed by atoms with Crippen molar-refractivity contribution < 1.29 is 0 Å². The highest BCUT2D eigenvalue weighted by Gasteiger charge is 2.07. The zero-order valence-corrected chi connectivity index (χ0v) is 6.94. The van der Waals surface area contributed by atoms with Crippen molar-refractivity contribution in [2.24, 2.45) is 7.05 Å². The quantitative estimate of drug-likeness (QED) is 0.604. The summed E-state index contributed by atoms with van der Waals surface area (Å²) in [6.45, 7) is 1.92. The third-order valence-corrected chi connectivity index (χ3v) is 1.86. The van der Waals surface area contributed by atoms with Gasteiger partial charge in [-0.3, -0.25) is 4.68 Å². The summed E-state index contributed by atoms with van der Waals surface area (Å²) < 4.78 is 1.72. The first-order chi connectivity index (χ1) is 5.70. The first kappa shape index (κ1) is 7.02. The van der Waals surface area contributed by atoms with Crippen molar-refractivity contribution in [1.82, 2.24) is 20.0 Å². The van der Waals surface area contributed by atoms with Crippen molar-refractivity contribution in [2.75, 3.05) is 5.73 Å². The number of nitrogens with zero attached hydrogens (tertiary/aromatic N) is 4. The molecule has 2 aromatic heterocycles. The maximum atomic E-state index is 5.64. The monoisotopic (exact) mass is 163 g/mol. The molecule has 0 amide bonds. The summed E-state index contributed by atoms with van der Waals surface area (Å²) in [5.74, 6) is 0.426. The Kier molecular flexibility index (Phi) is 1.27. The average molecular weight is 163 g/mol. The molecular weight excluding hydrogens is 154 g/mol. The molecule has 2 rings (SSSR count). The van der Waals surface area contributed by atoms with Gasteiger partial charge in [-0.15, -0.1) is 5.10 Å². The number of rotatable bonds is 0. The summed E-state index contributed by atoms with van der Waals surface area (Å²) in [6.07, 6.45) is 1.67. The summed E-state index contributed by atoms with van der Waals surface area (Å²) in [5, 5.41) is 12.7. The first-order valence-electron chi connectivity index (χ1n) is 3.60. The van der Waals surface area contributed by atoms with E-state index in [-0.39, 0.29) is 0 Å². The molecule has 0 saturated heterocycles. The van der Waals surface area contributed by atoms with Crippen LogP contribution in [0.3, 0.4) is 0 Å². The second-order valence-corrected chi connectivity index (χ2v) is 2.70. The van der Waals surface area contributed by atoms with Gasteiger partial charge in [0.15, 0.2) is 5.82 Å². The van der Waals surface area contributed by atoms with E-state index < -0.39 is 0 Å². The number of fused-ring (bicyclic) bond motifs is 1. The molecule has 5 heteroatoms. The van der Waals surface area contributed by atoms with Crippen LogP contribution in [0, 0.1) is 6.92 Å². The van der Waals surface area contributed by atoms with Crippen LogP contribution in [-0.2, 0) is 7.05 Å². The zero-order chi connectivity index (χ0) is 8.72. The lowest BCUT2D eigenvalue weighted by Gasteiger charge is -1.94. The van der Waals surface area contributed by atoms with Gasteiger partial charge < -0.3 is 5.73 Å². The Morgan fingerprint density at radius 2 is 2.25 bits per heavy atom. The van der Waals surface area contributed by atoms with Crippen LogP contribution in [0.5, 0.6) is 0 Å². The van der Waals surface area contributed by atoms with Crippen LogP contribution < -0.4 is 5.73 Å². The SMILES string of the molecule is Cc1nn(C)c2c(N)nncc12. The van der Waals surface area contributed by atoms with Crippen molar-refractivity contribution in [3.63, 3.8) is 0 Å². The fourth-order valence-electron chi connectivity index (χ4n) is 1.33. The molecule has 0 aliphatic carbocycles. The van der Waals surface area contributed by atoms with E-state index in [4.69, 9.17) is 5.73 Å². The van der Waals surface area contributed by atoms with Crippen LogP contribution in [0.15, 0.2) is 6.20 Å². The minimum Gasteiger partial charge on any atom is -0.380 e. The molecular formula is C7H9N5. The molecule has 0 radical (unpaired) electrons. The molecule has 0 saturated carbocycles. The minimum atomic E-state index is 0.426. The van der Waals surface area contributed by atoms with Crippen LogP contribution in [0.1, 0.15) is 5.69 Å². The van der Waals surface area contributed by atoms with E-state index in [0.29, 0.717) is 5.82 Å². The number of aromatic nitrogens is 4. The van der Waals surface area contributed by atoms with Crippen LogP contribution in [-0.4, -0.2) is 20.0 Å². The first-order valence-corrected chi connectivity index (χ1v) is 3.60. The number of anilines is 1. The van der Waals surface area contributed by atoms with Gasteiger partial charge in [-0.05, 0) is 6.92 Å². The molecule has 0 aliphatic rings. The van der Waals surface area contributed by atoms with Crippen molar-refractivity contribution in [2.45, 2.75) is 6.92 Å². The molecule has 2 heterocycles. The maximum Gasteiger partial charge on any atom is 0.172 e. The second-order valence-electron chi connectivity index (χ2n) is 2.70. The zero-order valence-electron chi connectivity index (χ0n) is 6.94. The average Bonchev–Trinajstić information content (AvgIpc) is 2.29. The molecule has 0 bridgehead atoms. The molecule has 2 N–H and O–H groups in total. The molecule has 0 fully saturated rings. The molecule has 5 nitrogen and oxygen atoms in total. The Balaban J connectivity index is 2.99. The highest BCUT2D eigenvalue weighted by Crippen LogP contribution is 2.18. The largest absolute Gasteiger partial charge is 0.380 e. The van der Waals surface area contributed by atoms with Gasteiger partial charge in [-0.1, -0.05) is 0 Å². The van der Waals surface area contributed by atoms with Gasteiger partial charge in [0.05, 0.1) is 11.9 Å². The normalized spacial score (nSPS) is 10.8. The van der Waals surface area contributed by atoms with E-state index in [1.807, 2.05) is 14.0 Å². The summed E-state index contributed by atoms with van der Waals surface area (Å²) in [7, 11) is 1.84. The van der Waals surface area contributed by atoms with Gasteiger partial charge >= 0.3 is 0 Å².